The molecule has 10 fully saturated rings. The third kappa shape index (κ3) is 7.83. The number of ether oxygens (including phenoxy) is 3. The first-order valence-electron chi connectivity index (χ1n) is 29.1. The molecule has 0 amide bonds. The summed E-state index contributed by atoms with van der Waals surface area (Å²) in [5.74, 6) is 12.0. The summed E-state index contributed by atoms with van der Waals surface area (Å²) in [6.45, 7) is 22.3. The molecule has 1 spiro atoms. The second-order valence-electron chi connectivity index (χ2n) is 27.3. The lowest BCUT2D eigenvalue weighted by Crippen LogP contribution is -2.58. The normalized spacial score (nSPS) is 53.4. The molecule has 2 heterocycles. The number of nitrogens with two attached hydrogens (primary N) is 1. The Morgan fingerprint density at radius 3 is 2.22 bits per heavy atom. The summed E-state index contributed by atoms with van der Waals surface area (Å²) in [5, 5.41) is 3.71. The number of fused-ring (bicyclic) bond motifs is 12. The van der Waals surface area contributed by atoms with Crippen LogP contribution < -0.4 is 11.1 Å². The van der Waals surface area contributed by atoms with Crippen molar-refractivity contribution in [2.75, 3.05) is 33.4 Å². The van der Waals surface area contributed by atoms with Gasteiger partial charge in [0.15, 0.2) is 5.79 Å². The predicted octanol–water partition coefficient (Wildman–Crippen LogP) is 13.9. The Labute approximate surface area is 394 Å². The van der Waals surface area contributed by atoms with E-state index in [1.807, 2.05) is 0 Å². The molecule has 3 N–H and O–H groups in total. The molecule has 5 heteroatoms. The molecule has 2 saturated heterocycles. The van der Waals surface area contributed by atoms with Crippen LogP contribution in [0.5, 0.6) is 0 Å². The number of unbranched alkanes of at least 4 members (excludes halogenated alkanes) is 3. The highest BCUT2D eigenvalue weighted by Crippen LogP contribution is 2.74. The molecule has 366 valence electrons. The van der Waals surface area contributed by atoms with Crippen LogP contribution in [0.25, 0.3) is 0 Å². The van der Waals surface area contributed by atoms with Gasteiger partial charge in [-0.05, 0) is 253 Å². The number of nitrogens with one attached hydrogen (secondary N) is 1. The van der Waals surface area contributed by atoms with Crippen molar-refractivity contribution < 1.29 is 14.2 Å². The van der Waals surface area contributed by atoms with Crippen LogP contribution in [0.15, 0.2) is 0 Å². The molecule has 8 unspecified atom stereocenters. The third-order valence-electron chi connectivity index (χ3n) is 24.9. The summed E-state index contributed by atoms with van der Waals surface area (Å²) >= 11 is 0. The monoisotopic (exact) mass is 887 g/mol. The van der Waals surface area contributed by atoms with Gasteiger partial charge in [0.05, 0.1) is 12.7 Å². The van der Waals surface area contributed by atoms with E-state index in [1.165, 1.54) is 154 Å². The average Bonchev–Trinajstić information content (AvgIpc) is 3.89. The fraction of sp³-hybridized carbons (Fsp3) is 1.00. The van der Waals surface area contributed by atoms with Crippen LogP contribution in [0, 0.1) is 110 Å². The van der Waals surface area contributed by atoms with Gasteiger partial charge in [-0.25, -0.2) is 0 Å². The summed E-state index contributed by atoms with van der Waals surface area (Å²) < 4.78 is 20.7. The van der Waals surface area contributed by atoms with Crippen molar-refractivity contribution in [1.82, 2.24) is 5.32 Å². The average molecular weight is 887 g/mol. The molecule has 2 aliphatic heterocycles. The van der Waals surface area contributed by atoms with Crippen molar-refractivity contribution in [1.29, 1.82) is 0 Å². The van der Waals surface area contributed by atoms with Gasteiger partial charge in [-0.15, -0.1) is 0 Å². The number of hydrogen-bond donors (Lipinski definition) is 2. The Balaban J connectivity index is 0.933. The van der Waals surface area contributed by atoms with Crippen LogP contribution in [-0.2, 0) is 14.2 Å². The van der Waals surface area contributed by atoms with Crippen LogP contribution in [0.3, 0.4) is 0 Å². The third-order valence-corrected chi connectivity index (χ3v) is 24.9. The topological polar surface area (TPSA) is 65.7 Å². The van der Waals surface area contributed by atoms with Crippen LogP contribution in [-0.4, -0.2) is 51.3 Å². The van der Waals surface area contributed by atoms with Gasteiger partial charge in [-0.1, -0.05) is 67.7 Å². The van der Waals surface area contributed by atoms with E-state index < -0.39 is 0 Å². The largest absolute Gasteiger partial charge is 0.381 e. The van der Waals surface area contributed by atoms with E-state index in [1.54, 1.807) is 0 Å². The summed E-state index contributed by atoms with van der Waals surface area (Å²) in [5.41, 5.74) is 8.50. The second kappa shape index (κ2) is 18.5. The molecular formula is C59H102N2O3. The van der Waals surface area contributed by atoms with Gasteiger partial charge in [-0.3, -0.25) is 0 Å². The van der Waals surface area contributed by atoms with Crippen molar-refractivity contribution >= 4 is 0 Å². The Bertz CT molecular complexity index is 1580. The lowest BCUT2D eigenvalue weighted by atomic mass is 9.41. The first-order valence-corrected chi connectivity index (χ1v) is 29.1. The molecule has 8 saturated carbocycles. The first-order chi connectivity index (χ1) is 30.8. The summed E-state index contributed by atoms with van der Waals surface area (Å²) in [6.07, 6.45) is 35.3. The zero-order chi connectivity index (χ0) is 44.6. The highest BCUT2D eigenvalue weighted by molar-refractivity contribution is 5.17. The highest BCUT2D eigenvalue weighted by Gasteiger charge is 2.71. The number of hydrogen-bond acceptors (Lipinski definition) is 5. The molecule has 22 atom stereocenters. The molecule has 64 heavy (non-hydrogen) atoms. The van der Waals surface area contributed by atoms with Gasteiger partial charge in [0.25, 0.3) is 0 Å². The number of rotatable bonds is 14. The molecule has 10 rings (SSSR count). The van der Waals surface area contributed by atoms with Crippen molar-refractivity contribution in [3.63, 3.8) is 0 Å². The van der Waals surface area contributed by atoms with Crippen molar-refractivity contribution in [2.24, 2.45) is 116 Å². The van der Waals surface area contributed by atoms with E-state index in [-0.39, 0.29) is 5.79 Å². The van der Waals surface area contributed by atoms with E-state index in [9.17, 15) is 0 Å². The minimum atomic E-state index is -0.324. The molecular weight excluding hydrogens is 785 g/mol. The Morgan fingerprint density at radius 2 is 1.44 bits per heavy atom. The van der Waals surface area contributed by atoms with Crippen molar-refractivity contribution in [2.45, 2.75) is 227 Å². The fourth-order valence-corrected chi connectivity index (χ4v) is 21.4. The van der Waals surface area contributed by atoms with Gasteiger partial charge >= 0.3 is 0 Å². The van der Waals surface area contributed by atoms with E-state index in [0.29, 0.717) is 45.5 Å². The molecule has 10 aliphatic rings. The SMILES string of the molecule is CCCCCCOCCC[C@@H](CC1CC2C[C@H](CN)CC[C@]2(C)C2CC[C@@]3(C)C(C[C@@H]4O[C@]5(CC[C@@H](C)CO5)[C@@H](C)[C@@H]43)C12)[C@H]1CCC2C3CC[C@@H]4C[C@@H](NC)CC[C@]4(C)C3CC[C@@]21C. The van der Waals surface area contributed by atoms with Gasteiger partial charge in [0.1, 0.15) is 0 Å². The van der Waals surface area contributed by atoms with Crippen molar-refractivity contribution in [3.05, 3.63) is 0 Å². The van der Waals surface area contributed by atoms with Crippen LogP contribution >= 0.6 is 0 Å². The molecule has 8 aliphatic carbocycles. The zero-order valence-corrected chi connectivity index (χ0v) is 43.1. The molecule has 0 bridgehead atoms. The van der Waals surface area contributed by atoms with Crippen LogP contribution in [0.1, 0.15) is 209 Å². The summed E-state index contributed by atoms with van der Waals surface area (Å²) in [7, 11) is 2.22. The lowest BCUT2D eigenvalue weighted by Gasteiger charge is -2.64. The maximum atomic E-state index is 7.39. The maximum absolute atomic E-state index is 7.39. The van der Waals surface area contributed by atoms with Gasteiger partial charge in [-0.2, -0.15) is 0 Å². The van der Waals surface area contributed by atoms with E-state index in [2.05, 4.69) is 60.8 Å². The quantitative estimate of drug-likeness (QED) is 0.170. The second-order valence-corrected chi connectivity index (χ2v) is 27.3. The standard InChI is InChI=1S/C59H102N2O3/c1-9-10-11-12-29-62-30-13-14-41(47-17-18-48-46-16-15-43-34-45(61-8)21-25-55(43,4)49(46)22-26-57(47,48)6)32-42-33-44-31-40(36-60)20-24-56(44,5)50-23-27-58(7)51(53(42)50)35-52-54(58)39(3)59(64-52)28-19-38(2)37-63-59/h38-54,61H,9-37,60H2,1-8H3/t38-,39+,40-,41+,42?,43-,44?,45+,46?,47-,48?,49?,50?,51?,52+,53?,54+,55+,56+,57-,58+,59-/m1/s1. The minimum absolute atomic E-state index is 0.324. The fourth-order valence-electron chi connectivity index (χ4n) is 21.4. The molecule has 0 radical (unpaired) electrons. The van der Waals surface area contributed by atoms with Crippen LogP contribution in [0.2, 0.25) is 0 Å². The van der Waals surface area contributed by atoms with E-state index in [4.69, 9.17) is 19.9 Å². The molecule has 0 aromatic rings. The Kier molecular flexibility index (Phi) is 13.7. The smallest absolute Gasteiger partial charge is 0.171 e. The van der Waals surface area contributed by atoms with E-state index in [0.717, 1.165) is 110 Å². The maximum Gasteiger partial charge on any atom is 0.171 e. The van der Waals surface area contributed by atoms with E-state index >= 15 is 0 Å². The first kappa shape index (κ1) is 47.5. The molecule has 0 aromatic heterocycles. The van der Waals surface area contributed by atoms with Gasteiger partial charge in [0, 0.05) is 31.6 Å². The zero-order valence-electron chi connectivity index (χ0n) is 43.1. The van der Waals surface area contributed by atoms with Gasteiger partial charge < -0.3 is 25.3 Å². The summed E-state index contributed by atoms with van der Waals surface area (Å²) in [6, 6.07) is 0.751. The minimum Gasteiger partial charge on any atom is -0.381 e. The molecule has 5 nitrogen and oxygen atoms in total. The predicted molar refractivity (Wildman–Crippen MR) is 264 cm³/mol. The van der Waals surface area contributed by atoms with Gasteiger partial charge in [0.2, 0.25) is 0 Å². The summed E-state index contributed by atoms with van der Waals surface area (Å²) in [4.78, 5) is 0. The Hall–Kier alpha value is -0.200. The molecule has 0 aromatic carbocycles. The van der Waals surface area contributed by atoms with Crippen molar-refractivity contribution in [3.8, 4) is 0 Å². The van der Waals surface area contributed by atoms with Crippen LogP contribution in [0.4, 0.5) is 0 Å². The highest BCUT2D eigenvalue weighted by atomic mass is 16.7. The Morgan fingerprint density at radius 1 is 0.688 bits per heavy atom. The lowest BCUT2D eigenvalue weighted by molar-refractivity contribution is -0.273.